The van der Waals surface area contributed by atoms with Crippen molar-refractivity contribution in [3.05, 3.63) is 48.0 Å². The maximum Gasteiger partial charge on any atom is 0.223 e. The number of hydrogen-bond donors (Lipinski definition) is 2. The highest BCUT2D eigenvalue weighted by molar-refractivity contribution is 5.77. The molecule has 23 heavy (non-hydrogen) atoms. The van der Waals surface area contributed by atoms with Crippen molar-refractivity contribution in [1.29, 1.82) is 0 Å². The van der Waals surface area contributed by atoms with Crippen LogP contribution in [0.3, 0.4) is 0 Å². The quantitative estimate of drug-likeness (QED) is 0.571. The van der Waals surface area contributed by atoms with Crippen molar-refractivity contribution in [3.63, 3.8) is 0 Å². The third-order valence-corrected chi connectivity index (χ3v) is 4.26. The van der Waals surface area contributed by atoms with Gasteiger partial charge in [-0.15, -0.1) is 0 Å². The lowest BCUT2D eigenvalue weighted by Crippen LogP contribution is -2.43. The fourth-order valence-electron chi connectivity index (χ4n) is 3.01. The predicted molar refractivity (Wildman–Crippen MR) is 91.0 cm³/mol. The number of aliphatic hydroxyl groups excluding tert-OH is 2. The highest BCUT2D eigenvalue weighted by Crippen LogP contribution is 2.20. The molecule has 0 spiro atoms. The van der Waals surface area contributed by atoms with E-state index >= 15 is 0 Å². The Labute approximate surface area is 138 Å². The molecule has 1 heterocycles. The Bertz CT molecular complexity index is 501. The van der Waals surface area contributed by atoms with Gasteiger partial charge in [0.15, 0.2) is 0 Å². The van der Waals surface area contributed by atoms with Crippen LogP contribution in [0.25, 0.3) is 0 Å². The summed E-state index contributed by atoms with van der Waals surface area (Å²) >= 11 is 0. The van der Waals surface area contributed by atoms with Crippen LogP contribution in [0.1, 0.15) is 37.7 Å². The summed E-state index contributed by atoms with van der Waals surface area (Å²) in [6.07, 6.45) is 7.83. The normalized spacial score (nSPS) is 20.2. The van der Waals surface area contributed by atoms with Gasteiger partial charge >= 0.3 is 0 Å². The van der Waals surface area contributed by atoms with Crippen molar-refractivity contribution in [2.24, 2.45) is 0 Å². The zero-order valence-corrected chi connectivity index (χ0v) is 13.6. The number of aliphatic hydroxyl groups is 2. The molecule has 1 unspecified atom stereocenters. The molecule has 0 saturated carbocycles. The summed E-state index contributed by atoms with van der Waals surface area (Å²) in [7, 11) is 0. The maximum absolute atomic E-state index is 12.1. The molecule has 1 aromatic carbocycles. The summed E-state index contributed by atoms with van der Waals surface area (Å²) in [5, 5.41) is 19.1. The lowest BCUT2D eigenvalue weighted by molar-refractivity contribution is -0.135. The van der Waals surface area contributed by atoms with E-state index in [1.807, 2.05) is 47.4 Å². The molecule has 126 valence electrons. The van der Waals surface area contributed by atoms with E-state index in [4.69, 9.17) is 5.11 Å². The van der Waals surface area contributed by atoms with E-state index in [1.165, 1.54) is 0 Å². The van der Waals surface area contributed by atoms with Crippen LogP contribution < -0.4 is 0 Å². The molecule has 1 amide bonds. The third kappa shape index (κ3) is 5.81. The Kier molecular flexibility index (Phi) is 7.30. The summed E-state index contributed by atoms with van der Waals surface area (Å²) in [6, 6.07) is 9.97. The number of unbranched alkanes of at least 4 members (excludes halogenated alkanes) is 1. The average molecular weight is 317 g/mol. The SMILES string of the molecule is O=C1CCC[C@H](/C=C/C(O)Cc2ccccc2)N1CCCCO. The van der Waals surface area contributed by atoms with Crippen molar-refractivity contribution in [3.8, 4) is 0 Å². The number of piperidine rings is 1. The van der Waals surface area contributed by atoms with Gasteiger partial charge in [-0.1, -0.05) is 42.5 Å². The Morgan fingerprint density at radius 1 is 1.26 bits per heavy atom. The molecule has 1 saturated heterocycles. The minimum absolute atomic E-state index is 0.0698. The number of rotatable bonds is 8. The molecule has 1 aromatic rings. The van der Waals surface area contributed by atoms with Gasteiger partial charge in [-0.3, -0.25) is 4.79 Å². The minimum atomic E-state index is -0.534. The maximum atomic E-state index is 12.1. The van der Waals surface area contributed by atoms with Crippen molar-refractivity contribution >= 4 is 5.91 Å². The van der Waals surface area contributed by atoms with E-state index in [0.717, 1.165) is 31.2 Å². The Morgan fingerprint density at radius 3 is 2.78 bits per heavy atom. The molecular formula is C19H27NO3. The van der Waals surface area contributed by atoms with Crippen LogP contribution in [0.15, 0.2) is 42.5 Å². The van der Waals surface area contributed by atoms with Crippen LogP contribution in [-0.4, -0.2) is 46.3 Å². The molecule has 0 aliphatic carbocycles. The van der Waals surface area contributed by atoms with E-state index in [0.29, 0.717) is 19.4 Å². The van der Waals surface area contributed by atoms with Gasteiger partial charge in [-0.25, -0.2) is 0 Å². The van der Waals surface area contributed by atoms with Crippen LogP contribution in [0.5, 0.6) is 0 Å². The van der Waals surface area contributed by atoms with Crippen molar-refractivity contribution in [2.45, 2.75) is 50.7 Å². The van der Waals surface area contributed by atoms with Gasteiger partial charge in [0.1, 0.15) is 0 Å². The van der Waals surface area contributed by atoms with Gasteiger partial charge in [-0.05, 0) is 31.2 Å². The van der Waals surface area contributed by atoms with Crippen molar-refractivity contribution in [1.82, 2.24) is 4.90 Å². The molecule has 0 bridgehead atoms. The molecule has 4 heteroatoms. The van der Waals surface area contributed by atoms with Crippen LogP contribution >= 0.6 is 0 Å². The number of nitrogens with zero attached hydrogens (tertiary/aromatic N) is 1. The smallest absolute Gasteiger partial charge is 0.223 e. The zero-order chi connectivity index (χ0) is 16.5. The van der Waals surface area contributed by atoms with Crippen LogP contribution in [0.4, 0.5) is 0 Å². The first-order valence-electron chi connectivity index (χ1n) is 8.51. The lowest BCUT2D eigenvalue weighted by atomic mass is 9.99. The topological polar surface area (TPSA) is 60.8 Å². The number of benzene rings is 1. The molecular weight excluding hydrogens is 290 g/mol. The molecule has 0 radical (unpaired) electrons. The fourth-order valence-corrected chi connectivity index (χ4v) is 3.01. The van der Waals surface area contributed by atoms with Crippen LogP contribution in [-0.2, 0) is 11.2 Å². The van der Waals surface area contributed by atoms with E-state index in [2.05, 4.69) is 0 Å². The van der Waals surface area contributed by atoms with Gasteiger partial charge in [0.25, 0.3) is 0 Å². The van der Waals surface area contributed by atoms with E-state index in [1.54, 1.807) is 0 Å². The van der Waals surface area contributed by atoms with Crippen molar-refractivity contribution < 1.29 is 15.0 Å². The molecule has 2 rings (SSSR count). The highest BCUT2D eigenvalue weighted by atomic mass is 16.3. The largest absolute Gasteiger partial charge is 0.396 e. The number of hydrogen-bond acceptors (Lipinski definition) is 3. The third-order valence-electron chi connectivity index (χ3n) is 4.26. The second-order valence-electron chi connectivity index (χ2n) is 6.12. The Morgan fingerprint density at radius 2 is 2.04 bits per heavy atom. The lowest BCUT2D eigenvalue weighted by Gasteiger charge is -2.34. The standard InChI is InChI=1S/C19H27NO3/c21-14-5-4-13-20-17(9-6-10-19(20)23)11-12-18(22)15-16-7-2-1-3-8-16/h1-3,7-8,11-12,17-18,21-22H,4-6,9-10,13-15H2/b12-11+/t17-,18?/m1/s1. The van der Waals surface area contributed by atoms with Gasteiger partial charge < -0.3 is 15.1 Å². The molecule has 1 fully saturated rings. The number of likely N-dealkylation sites (tertiary alicyclic amines) is 1. The first-order chi connectivity index (χ1) is 11.2. The van der Waals surface area contributed by atoms with Gasteiger partial charge in [0.05, 0.1) is 12.1 Å². The summed E-state index contributed by atoms with van der Waals surface area (Å²) < 4.78 is 0. The van der Waals surface area contributed by atoms with E-state index < -0.39 is 6.10 Å². The predicted octanol–water partition coefficient (Wildman–Crippen LogP) is 2.30. The summed E-state index contributed by atoms with van der Waals surface area (Å²) in [5.74, 6) is 0.182. The second kappa shape index (κ2) is 9.48. The fraction of sp³-hybridized carbons (Fsp3) is 0.526. The monoisotopic (exact) mass is 317 g/mol. The molecule has 2 N–H and O–H groups in total. The number of amides is 1. The summed E-state index contributed by atoms with van der Waals surface area (Å²) in [6.45, 7) is 0.849. The zero-order valence-electron chi connectivity index (χ0n) is 13.6. The first kappa shape index (κ1) is 17.7. The van der Waals surface area contributed by atoms with Gasteiger partial charge in [-0.2, -0.15) is 0 Å². The molecule has 0 aromatic heterocycles. The van der Waals surface area contributed by atoms with Crippen LogP contribution in [0.2, 0.25) is 0 Å². The Hall–Kier alpha value is -1.65. The average Bonchev–Trinajstić information content (AvgIpc) is 2.56. The summed E-state index contributed by atoms with van der Waals surface area (Å²) in [5.41, 5.74) is 1.10. The van der Waals surface area contributed by atoms with Crippen molar-refractivity contribution in [2.75, 3.05) is 13.2 Å². The Balaban J connectivity index is 1.90. The molecule has 4 nitrogen and oxygen atoms in total. The van der Waals surface area contributed by atoms with Gasteiger partial charge in [0, 0.05) is 26.0 Å². The molecule has 1 aliphatic rings. The first-order valence-corrected chi connectivity index (χ1v) is 8.51. The van der Waals surface area contributed by atoms with E-state index in [-0.39, 0.29) is 18.6 Å². The minimum Gasteiger partial charge on any atom is -0.396 e. The van der Waals surface area contributed by atoms with Gasteiger partial charge in [0.2, 0.25) is 5.91 Å². The van der Waals surface area contributed by atoms with E-state index in [9.17, 15) is 9.90 Å². The molecule has 2 atom stereocenters. The van der Waals surface area contributed by atoms with Crippen LogP contribution in [0, 0.1) is 0 Å². The summed E-state index contributed by atoms with van der Waals surface area (Å²) in [4.78, 5) is 14.0. The second-order valence-corrected chi connectivity index (χ2v) is 6.12. The number of carbonyl (C=O) groups is 1. The number of carbonyl (C=O) groups excluding carboxylic acids is 1. The molecule has 1 aliphatic heterocycles. The highest BCUT2D eigenvalue weighted by Gasteiger charge is 2.25.